The van der Waals surface area contributed by atoms with E-state index >= 15 is 0 Å². The minimum atomic E-state index is -0.563. The van der Waals surface area contributed by atoms with E-state index in [1.165, 1.54) is 23.5 Å². The second-order valence-electron chi connectivity index (χ2n) is 3.31. The lowest BCUT2D eigenvalue weighted by molar-refractivity contribution is 0.579. The summed E-state index contributed by atoms with van der Waals surface area (Å²) in [7, 11) is 0. The van der Waals surface area contributed by atoms with E-state index in [2.05, 4.69) is 10.2 Å². The third-order valence-corrected chi connectivity index (χ3v) is 2.84. The number of nitrogen functional groups attached to an aromatic ring is 1. The predicted octanol–water partition coefficient (Wildman–Crippen LogP) is 2.18. The van der Waals surface area contributed by atoms with Crippen molar-refractivity contribution in [2.75, 3.05) is 5.73 Å². The molecule has 0 saturated carbocycles. The van der Waals surface area contributed by atoms with Crippen LogP contribution < -0.4 is 5.73 Å². The number of benzene rings is 1. The van der Waals surface area contributed by atoms with Crippen LogP contribution in [0.15, 0.2) is 18.2 Å². The van der Waals surface area contributed by atoms with E-state index in [4.69, 9.17) is 5.73 Å². The average molecular weight is 241 g/mol. The smallest absolute Gasteiger partial charge is 0.203 e. The molecule has 0 saturated heterocycles. The van der Waals surface area contributed by atoms with Crippen LogP contribution in [0.2, 0.25) is 0 Å². The van der Waals surface area contributed by atoms with Gasteiger partial charge in [0.2, 0.25) is 5.13 Å². The maximum Gasteiger partial charge on any atom is 0.203 e. The van der Waals surface area contributed by atoms with Gasteiger partial charge >= 0.3 is 0 Å². The zero-order chi connectivity index (χ0) is 11.5. The molecule has 0 aliphatic rings. The topological polar surface area (TPSA) is 51.8 Å². The second-order valence-corrected chi connectivity index (χ2v) is 4.41. The van der Waals surface area contributed by atoms with Crippen LogP contribution in [0.5, 0.6) is 0 Å². The van der Waals surface area contributed by atoms with Crippen LogP contribution in [0.3, 0.4) is 0 Å². The first kappa shape index (κ1) is 10.9. The fraction of sp³-hybridized carbons (Fsp3) is 0.200. The summed E-state index contributed by atoms with van der Waals surface area (Å²) in [5.74, 6) is -1.13. The highest BCUT2D eigenvalue weighted by molar-refractivity contribution is 7.15. The van der Waals surface area contributed by atoms with Gasteiger partial charge in [-0.3, -0.25) is 0 Å². The molecule has 0 fully saturated rings. The molecule has 0 unspecified atom stereocenters. The van der Waals surface area contributed by atoms with Crippen molar-refractivity contribution in [3.63, 3.8) is 0 Å². The highest BCUT2D eigenvalue weighted by Gasteiger charge is 2.04. The van der Waals surface area contributed by atoms with Crippen molar-refractivity contribution in [3.8, 4) is 0 Å². The Balaban J connectivity index is 2.04. The molecule has 2 N–H and O–H groups in total. The number of rotatable bonds is 3. The van der Waals surface area contributed by atoms with E-state index in [1.807, 2.05) is 0 Å². The number of anilines is 1. The maximum absolute atomic E-state index is 12.9. The van der Waals surface area contributed by atoms with Crippen molar-refractivity contribution < 1.29 is 8.78 Å². The highest BCUT2D eigenvalue weighted by atomic mass is 32.1. The van der Waals surface area contributed by atoms with E-state index in [0.717, 1.165) is 11.1 Å². The van der Waals surface area contributed by atoms with Crippen LogP contribution in [0.1, 0.15) is 10.6 Å². The molecule has 0 amide bonds. The number of aryl methyl sites for hydroxylation is 2. The number of nitrogens with two attached hydrogens (primary N) is 1. The van der Waals surface area contributed by atoms with Crippen LogP contribution in [-0.2, 0) is 12.8 Å². The normalized spacial score (nSPS) is 10.6. The molecular formula is C10H9F2N3S. The molecular weight excluding hydrogens is 232 g/mol. The predicted molar refractivity (Wildman–Crippen MR) is 58.1 cm³/mol. The molecule has 2 aromatic rings. The van der Waals surface area contributed by atoms with Crippen molar-refractivity contribution in [1.82, 2.24) is 10.2 Å². The Labute approximate surface area is 94.9 Å². The lowest BCUT2D eigenvalue weighted by Gasteiger charge is -1.99. The number of hydrogen-bond acceptors (Lipinski definition) is 4. The van der Waals surface area contributed by atoms with E-state index in [0.29, 0.717) is 23.5 Å². The highest BCUT2D eigenvalue weighted by Crippen LogP contribution is 2.15. The first-order valence-corrected chi connectivity index (χ1v) is 5.48. The molecule has 1 aromatic carbocycles. The molecule has 0 aliphatic carbocycles. The summed E-state index contributed by atoms with van der Waals surface area (Å²) in [5.41, 5.74) is 6.02. The molecule has 1 heterocycles. The third-order valence-electron chi connectivity index (χ3n) is 2.03. The Morgan fingerprint density at radius 1 is 1.06 bits per heavy atom. The van der Waals surface area contributed by atoms with Gasteiger partial charge in [0.1, 0.15) is 16.6 Å². The lowest BCUT2D eigenvalue weighted by atomic mass is 10.1. The van der Waals surface area contributed by atoms with Gasteiger partial charge in [0.15, 0.2) is 0 Å². The molecule has 84 valence electrons. The molecule has 0 spiro atoms. The second kappa shape index (κ2) is 4.52. The van der Waals surface area contributed by atoms with Crippen LogP contribution in [0.25, 0.3) is 0 Å². The van der Waals surface area contributed by atoms with E-state index in [9.17, 15) is 8.78 Å². The van der Waals surface area contributed by atoms with Crippen molar-refractivity contribution in [2.24, 2.45) is 0 Å². The van der Waals surface area contributed by atoms with E-state index < -0.39 is 11.6 Å². The fourth-order valence-electron chi connectivity index (χ4n) is 1.37. The molecule has 0 atom stereocenters. The Hall–Kier alpha value is -1.56. The number of aromatic nitrogens is 2. The van der Waals surface area contributed by atoms with Crippen LogP contribution in [0, 0.1) is 11.6 Å². The van der Waals surface area contributed by atoms with Crippen molar-refractivity contribution in [2.45, 2.75) is 12.8 Å². The molecule has 6 heteroatoms. The van der Waals surface area contributed by atoms with Gasteiger partial charge in [-0.2, -0.15) is 0 Å². The van der Waals surface area contributed by atoms with Gasteiger partial charge in [-0.05, 0) is 24.1 Å². The lowest BCUT2D eigenvalue weighted by Crippen LogP contribution is -1.93. The Bertz CT molecular complexity index is 478. The zero-order valence-corrected chi connectivity index (χ0v) is 9.10. The fourth-order valence-corrected chi connectivity index (χ4v) is 1.98. The minimum Gasteiger partial charge on any atom is -0.374 e. The summed E-state index contributed by atoms with van der Waals surface area (Å²) in [5, 5.41) is 8.66. The maximum atomic E-state index is 12.9. The summed E-state index contributed by atoms with van der Waals surface area (Å²) in [6.45, 7) is 0. The molecule has 0 aliphatic heterocycles. The third kappa shape index (κ3) is 2.73. The van der Waals surface area contributed by atoms with Gasteiger partial charge in [-0.15, -0.1) is 10.2 Å². The number of halogens is 2. The zero-order valence-electron chi connectivity index (χ0n) is 8.28. The summed E-state index contributed by atoms with van der Waals surface area (Å²) < 4.78 is 25.7. The van der Waals surface area contributed by atoms with Crippen molar-refractivity contribution in [3.05, 3.63) is 40.4 Å². The van der Waals surface area contributed by atoms with E-state index in [-0.39, 0.29) is 0 Å². The Morgan fingerprint density at radius 2 is 1.75 bits per heavy atom. The Morgan fingerprint density at radius 3 is 2.31 bits per heavy atom. The number of hydrogen-bond donors (Lipinski definition) is 1. The van der Waals surface area contributed by atoms with Gasteiger partial charge in [-0.1, -0.05) is 11.3 Å². The largest absolute Gasteiger partial charge is 0.374 e. The molecule has 16 heavy (non-hydrogen) atoms. The van der Waals surface area contributed by atoms with Crippen LogP contribution >= 0.6 is 11.3 Å². The molecule has 1 aromatic heterocycles. The molecule has 0 radical (unpaired) electrons. The van der Waals surface area contributed by atoms with Crippen LogP contribution in [0.4, 0.5) is 13.9 Å². The van der Waals surface area contributed by atoms with Gasteiger partial charge in [0.05, 0.1) is 0 Å². The average Bonchev–Trinajstić information content (AvgIpc) is 2.60. The molecule has 3 nitrogen and oxygen atoms in total. The Kier molecular flexibility index (Phi) is 3.09. The molecule has 2 rings (SSSR count). The van der Waals surface area contributed by atoms with Gasteiger partial charge in [0, 0.05) is 12.5 Å². The van der Waals surface area contributed by atoms with Crippen molar-refractivity contribution >= 4 is 16.5 Å². The number of nitrogens with zero attached hydrogens (tertiary/aromatic N) is 2. The van der Waals surface area contributed by atoms with Gasteiger partial charge in [0.25, 0.3) is 0 Å². The summed E-state index contributed by atoms with van der Waals surface area (Å²) in [4.78, 5) is 0. The SMILES string of the molecule is Nc1nnc(CCc2cc(F)cc(F)c2)s1. The summed E-state index contributed by atoms with van der Waals surface area (Å²) in [6.07, 6.45) is 1.10. The van der Waals surface area contributed by atoms with Gasteiger partial charge in [-0.25, -0.2) is 8.78 Å². The monoisotopic (exact) mass is 241 g/mol. The van der Waals surface area contributed by atoms with Gasteiger partial charge < -0.3 is 5.73 Å². The first-order valence-electron chi connectivity index (χ1n) is 4.66. The molecule has 0 bridgehead atoms. The van der Waals surface area contributed by atoms with Crippen LogP contribution in [-0.4, -0.2) is 10.2 Å². The standard InChI is InChI=1S/C10H9F2N3S/c11-7-3-6(4-8(12)5-7)1-2-9-14-15-10(13)16-9/h3-5H,1-2H2,(H2,13,15). The quantitative estimate of drug-likeness (QED) is 0.896. The minimum absolute atomic E-state index is 0.403. The van der Waals surface area contributed by atoms with Crippen molar-refractivity contribution in [1.29, 1.82) is 0 Å². The first-order chi connectivity index (χ1) is 7.63. The van der Waals surface area contributed by atoms with E-state index in [1.54, 1.807) is 0 Å². The summed E-state index contributed by atoms with van der Waals surface area (Å²) >= 11 is 1.28. The summed E-state index contributed by atoms with van der Waals surface area (Å²) in [6, 6.07) is 3.48.